The summed E-state index contributed by atoms with van der Waals surface area (Å²) in [6.07, 6.45) is 2.18. The summed E-state index contributed by atoms with van der Waals surface area (Å²) in [6, 6.07) is 13.7. The van der Waals surface area contributed by atoms with Gasteiger partial charge in [0.05, 0.1) is 17.4 Å². The van der Waals surface area contributed by atoms with Gasteiger partial charge in [-0.2, -0.15) is 5.10 Å². The first-order valence-electron chi connectivity index (χ1n) is 8.72. The van der Waals surface area contributed by atoms with Crippen LogP contribution in [0.15, 0.2) is 53.3 Å². The molecule has 0 N–H and O–H groups in total. The highest BCUT2D eigenvalue weighted by molar-refractivity contribution is 5.78. The molecule has 1 aromatic carbocycles. The van der Waals surface area contributed by atoms with Crippen molar-refractivity contribution in [1.82, 2.24) is 14.8 Å². The Kier molecular flexibility index (Phi) is 4.52. The van der Waals surface area contributed by atoms with Gasteiger partial charge in [0.25, 0.3) is 5.56 Å². The van der Waals surface area contributed by atoms with Gasteiger partial charge in [-0.3, -0.25) is 9.80 Å². The third-order valence-corrected chi connectivity index (χ3v) is 4.28. The summed E-state index contributed by atoms with van der Waals surface area (Å²) in [6.45, 7) is 11.3. The van der Waals surface area contributed by atoms with E-state index in [-0.39, 0.29) is 17.1 Å². The molecule has 0 spiro atoms. The van der Waals surface area contributed by atoms with Gasteiger partial charge < -0.3 is 0 Å². The van der Waals surface area contributed by atoms with Crippen LogP contribution in [0.2, 0.25) is 0 Å². The van der Waals surface area contributed by atoms with Crippen LogP contribution in [0.4, 0.5) is 5.69 Å². The van der Waals surface area contributed by atoms with Gasteiger partial charge in [-0.15, -0.1) is 0 Å². The molecule has 3 rings (SSSR count). The Hall–Kier alpha value is -2.40. The van der Waals surface area contributed by atoms with Gasteiger partial charge in [0.2, 0.25) is 0 Å². The monoisotopic (exact) mass is 338 g/mol. The van der Waals surface area contributed by atoms with E-state index in [4.69, 9.17) is 0 Å². The van der Waals surface area contributed by atoms with Gasteiger partial charge in [-0.05, 0) is 58.9 Å². The van der Waals surface area contributed by atoms with E-state index in [1.165, 1.54) is 0 Å². The second-order valence-electron chi connectivity index (χ2n) is 7.58. The number of hydrogen-bond donors (Lipinski definition) is 0. The van der Waals surface area contributed by atoms with Gasteiger partial charge in [0.15, 0.2) is 0 Å². The predicted octanol–water partition coefficient (Wildman–Crippen LogP) is 3.70. The quantitative estimate of drug-likeness (QED) is 0.856. The van der Waals surface area contributed by atoms with E-state index in [9.17, 15) is 4.79 Å². The molecule has 0 atom stereocenters. The van der Waals surface area contributed by atoms with Crippen LogP contribution in [0.5, 0.6) is 0 Å². The van der Waals surface area contributed by atoms with Crippen LogP contribution in [0.3, 0.4) is 0 Å². The number of rotatable bonds is 3. The maximum atomic E-state index is 12.1. The lowest BCUT2D eigenvalue weighted by Gasteiger charge is -2.41. The van der Waals surface area contributed by atoms with Crippen molar-refractivity contribution in [3.63, 3.8) is 0 Å². The summed E-state index contributed by atoms with van der Waals surface area (Å²) in [7, 11) is 0. The second kappa shape index (κ2) is 6.48. The second-order valence-corrected chi connectivity index (χ2v) is 7.58. The lowest BCUT2D eigenvalue weighted by molar-refractivity contribution is 0.166. The Morgan fingerprint density at radius 3 is 2.32 bits per heavy atom. The molecule has 132 valence electrons. The third kappa shape index (κ3) is 3.37. The lowest BCUT2D eigenvalue weighted by atomic mass is 10.1. The Morgan fingerprint density at radius 2 is 1.72 bits per heavy atom. The molecule has 0 fully saturated rings. The van der Waals surface area contributed by atoms with Crippen LogP contribution in [0, 0.1) is 0 Å². The van der Waals surface area contributed by atoms with Crippen molar-refractivity contribution in [2.24, 2.45) is 0 Å². The lowest BCUT2D eigenvalue weighted by Crippen LogP contribution is -2.49. The molecule has 5 heteroatoms. The molecule has 0 bridgehead atoms. The fraction of sp³-hybridized carbons (Fsp3) is 0.400. The van der Waals surface area contributed by atoms with Crippen molar-refractivity contribution >= 4 is 11.4 Å². The molecule has 0 unspecified atom stereocenters. The first kappa shape index (κ1) is 17.4. The van der Waals surface area contributed by atoms with Crippen molar-refractivity contribution in [2.45, 2.75) is 46.2 Å². The van der Waals surface area contributed by atoms with Gasteiger partial charge in [-0.25, -0.2) is 9.69 Å². The third-order valence-electron chi connectivity index (χ3n) is 4.28. The normalized spacial score (nSPS) is 15.8. The van der Waals surface area contributed by atoms with Crippen molar-refractivity contribution in [2.75, 3.05) is 11.6 Å². The standard InChI is InChI=1S/C20H26N4O/c1-15(2)23-19(25)12-11-17(21-23)18-13-14-22(20(3,4)5)24(18)16-9-7-6-8-10-16/h6-13,15H,14H2,1-5H3. The molecule has 25 heavy (non-hydrogen) atoms. The molecule has 0 aliphatic carbocycles. The van der Waals surface area contributed by atoms with Crippen LogP contribution in [0.25, 0.3) is 5.70 Å². The average molecular weight is 338 g/mol. The highest BCUT2D eigenvalue weighted by Gasteiger charge is 2.34. The molecule has 1 aliphatic rings. The molecular weight excluding hydrogens is 312 g/mol. The highest BCUT2D eigenvalue weighted by atomic mass is 16.1. The molecule has 5 nitrogen and oxygen atoms in total. The first-order chi connectivity index (χ1) is 11.8. The predicted molar refractivity (Wildman–Crippen MR) is 102 cm³/mol. The summed E-state index contributed by atoms with van der Waals surface area (Å²) >= 11 is 0. The molecular formula is C20H26N4O. The number of benzene rings is 1. The SMILES string of the molecule is CC(C)n1nc(C2=CCN(C(C)(C)C)N2c2ccccc2)ccc1=O. The molecule has 1 aliphatic heterocycles. The van der Waals surface area contributed by atoms with E-state index in [1.807, 2.05) is 38.1 Å². The Bertz CT molecular complexity index is 831. The van der Waals surface area contributed by atoms with Gasteiger partial charge in [0, 0.05) is 18.2 Å². The molecule has 2 heterocycles. The van der Waals surface area contributed by atoms with E-state index in [2.05, 4.69) is 54.1 Å². The molecule has 1 aromatic heterocycles. The van der Waals surface area contributed by atoms with Crippen molar-refractivity contribution in [1.29, 1.82) is 0 Å². The topological polar surface area (TPSA) is 41.4 Å². The number of para-hydroxylation sites is 1. The minimum absolute atomic E-state index is 0.0262. The van der Waals surface area contributed by atoms with Crippen LogP contribution in [-0.2, 0) is 0 Å². The van der Waals surface area contributed by atoms with Crippen LogP contribution < -0.4 is 10.6 Å². The molecule has 2 aromatic rings. The zero-order valence-corrected chi connectivity index (χ0v) is 15.6. The van der Waals surface area contributed by atoms with Crippen molar-refractivity contribution < 1.29 is 0 Å². The molecule has 0 radical (unpaired) electrons. The van der Waals surface area contributed by atoms with E-state index < -0.39 is 0 Å². The highest BCUT2D eigenvalue weighted by Crippen LogP contribution is 2.35. The Balaban J connectivity index is 2.09. The largest absolute Gasteiger partial charge is 0.272 e. The van der Waals surface area contributed by atoms with E-state index >= 15 is 0 Å². The summed E-state index contributed by atoms with van der Waals surface area (Å²) in [5.74, 6) is 0. The van der Waals surface area contributed by atoms with Gasteiger partial charge >= 0.3 is 0 Å². The summed E-state index contributed by atoms with van der Waals surface area (Å²) in [5, 5.41) is 9.13. The van der Waals surface area contributed by atoms with E-state index in [0.717, 1.165) is 23.6 Å². The van der Waals surface area contributed by atoms with Gasteiger partial charge in [-0.1, -0.05) is 18.2 Å². The Labute approximate surface area is 149 Å². The van der Waals surface area contributed by atoms with Gasteiger partial charge in [0.1, 0.15) is 5.69 Å². The first-order valence-corrected chi connectivity index (χ1v) is 8.72. The fourth-order valence-corrected chi connectivity index (χ4v) is 3.04. The van der Waals surface area contributed by atoms with Crippen LogP contribution >= 0.6 is 0 Å². The van der Waals surface area contributed by atoms with Crippen LogP contribution in [-0.4, -0.2) is 26.9 Å². The summed E-state index contributed by atoms with van der Waals surface area (Å²) < 4.78 is 1.54. The zero-order chi connectivity index (χ0) is 18.2. The summed E-state index contributed by atoms with van der Waals surface area (Å²) in [5.41, 5.74) is 2.79. The number of aromatic nitrogens is 2. The number of hydrazine groups is 1. The summed E-state index contributed by atoms with van der Waals surface area (Å²) in [4.78, 5) is 12.1. The smallest absolute Gasteiger partial charge is 0.267 e. The minimum atomic E-state index is -0.0729. The number of hydrogen-bond acceptors (Lipinski definition) is 4. The number of anilines is 1. The van der Waals surface area contributed by atoms with Crippen LogP contribution in [0.1, 0.15) is 46.4 Å². The molecule has 0 amide bonds. The molecule has 0 saturated heterocycles. The maximum Gasteiger partial charge on any atom is 0.267 e. The molecule has 0 saturated carbocycles. The maximum absolute atomic E-state index is 12.1. The van der Waals surface area contributed by atoms with E-state index in [0.29, 0.717) is 0 Å². The fourth-order valence-electron chi connectivity index (χ4n) is 3.04. The van der Waals surface area contributed by atoms with Crippen molar-refractivity contribution in [3.05, 3.63) is 64.6 Å². The van der Waals surface area contributed by atoms with Crippen molar-refractivity contribution in [3.8, 4) is 0 Å². The Morgan fingerprint density at radius 1 is 1.04 bits per heavy atom. The van der Waals surface area contributed by atoms with E-state index in [1.54, 1.807) is 10.7 Å². The average Bonchev–Trinajstić information content (AvgIpc) is 3.01. The zero-order valence-electron chi connectivity index (χ0n) is 15.6. The number of nitrogens with zero attached hydrogens (tertiary/aromatic N) is 4. The minimum Gasteiger partial charge on any atom is -0.272 e.